The normalized spacial score (nSPS) is 15.6. The summed E-state index contributed by atoms with van der Waals surface area (Å²) in [6, 6.07) is 18.9. The third-order valence-electron chi connectivity index (χ3n) is 5.94. The van der Waals surface area contributed by atoms with E-state index in [0.29, 0.717) is 43.4 Å². The van der Waals surface area contributed by atoms with Crippen LogP contribution in [0.1, 0.15) is 34.5 Å². The Morgan fingerprint density at radius 1 is 0.970 bits per heavy atom. The van der Waals surface area contributed by atoms with Gasteiger partial charge < -0.3 is 14.8 Å². The van der Waals surface area contributed by atoms with Crippen LogP contribution in [0.4, 0.5) is 5.69 Å². The third-order valence-corrected chi connectivity index (χ3v) is 7.75. The fourth-order valence-corrected chi connectivity index (χ4v) is 5.72. The van der Waals surface area contributed by atoms with Crippen LogP contribution in [0, 0.1) is 0 Å². The van der Waals surface area contributed by atoms with Crippen molar-refractivity contribution in [2.75, 3.05) is 24.1 Å². The quantitative estimate of drug-likeness (QED) is 0.622. The van der Waals surface area contributed by atoms with E-state index in [1.54, 1.807) is 12.1 Å². The lowest BCUT2D eigenvalue weighted by atomic mass is 10.1. The Morgan fingerprint density at radius 2 is 1.76 bits per heavy atom. The van der Waals surface area contributed by atoms with Crippen molar-refractivity contribution in [1.82, 2.24) is 5.32 Å². The van der Waals surface area contributed by atoms with Crippen molar-refractivity contribution in [3.05, 3.63) is 83.4 Å². The number of carbonyl (C=O) groups is 1. The largest absolute Gasteiger partial charge is 0.486 e. The lowest BCUT2D eigenvalue weighted by Crippen LogP contribution is -2.30. The molecule has 3 aromatic carbocycles. The number of nitrogens with one attached hydrogen (secondary N) is 1. The van der Waals surface area contributed by atoms with Gasteiger partial charge in [0.15, 0.2) is 11.5 Å². The van der Waals surface area contributed by atoms with E-state index in [0.717, 1.165) is 11.1 Å². The van der Waals surface area contributed by atoms with Crippen LogP contribution in [0.5, 0.6) is 11.5 Å². The van der Waals surface area contributed by atoms with Gasteiger partial charge in [0, 0.05) is 12.1 Å². The number of hydrogen-bond acceptors (Lipinski definition) is 5. The summed E-state index contributed by atoms with van der Waals surface area (Å²) in [5, 5.41) is 2.94. The van der Waals surface area contributed by atoms with E-state index >= 15 is 0 Å². The molecule has 1 N–H and O–H groups in total. The smallest absolute Gasteiger partial charge is 0.264 e. The highest BCUT2D eigenvalue weighted by Gasteiger charge is 2.31. The van der Waals surface area contributed by atoms with Crippen LogP contribution >= 0.6 is 0 Å². The number of para-hydroxylation sites is 1. The van der Waals surface area contributed by atoms with Crippen LogP contribution in [0.3, 0.4) is 0 Å². The highest BCUT2D eigenvalue weighted by molar-refractivity contribution is 7.92. The van der Waals surface area contributed by atoms with Crippen LogP contribution in [0.15, 0.2) is 71.6 Å². The van der Waals surface area contributed by atoms with Crippen LogP contribution in [-0.4, -0.2) is 34.1 Å². The molecule has 0 saturated heterocycles. The Hall–Kier alpha value is -3.52. The summed E-state index contributed by atoms with van der Waals surface area (Å²) in [7, 11) is -3.78. The maximum Gasteiger partial charge on any atom is 0.264 e. The highest BCUT2D eigenvalue weighted by Crippen LogP contribution is 2.34. The first-order valence-electron chi connectivity index (χ1n) is 10.8. The van der Waals surface area contributed by atoms with Crippen molar-refractivity contribution in [3.8, 4) is 11.5 Å². The van der Waals surface area contributed by atoms with Crippen LogP contribution in [-0.2, 0) is 16.4 Å². The van der Waals surface area contributed by atoms with E-state index in [9.17, 15) is 13.2 Å². The van der Waals surface area contributed by atoms with Gasteiger partial charge in [0.2, 0.25) is 0 Å². The molecule has 2 aliphatic heterocycles. The standard InChI is InChI=1S/C25H24N2O5S/c1-17(19-9-10-23-24(16-19)32-14-13-31-23)26-25(28)20-6-4-7-21(15-20)33(29,30)27-12-11-18-5-2-3-8-22(18)27/h2-10,15-17H,11-14H2,1H3,(H,26,28)/t17-/m1/s1. The first kappa shape index (κ1) is 21.3. The van der Waals surface area contributed by atoms with Crippen LogP contribution in [0.2, 0.25) is 0 Å². The molecule has 1 amide bonds. The molecule has 2 aliphatic rings. The molecule has 33 heavy (non-hydrogen) atoms. The number of sulfonamides is 1. The van der Waals surface area contributed by atoms with Gasteiger partial charge in [-0.15, -0.1) is 0 Å². The van der Waals surface area contributed by atoms with Gasteiger partial charge >= 0.3 is 0 Å². The second-order valence-electron chi connectivity index (χ2n) is 8.08. The molecule has 2 heterocycles. The number of hydrogen-bond donors (Lipinski definition) is 1. The highest BCUT2D eigenvalue weighted by atomic mass is 32.2. The Labute approximate surface area is 193 Å². The number of rotatable bonds is 5. The molecule has 0 aliphatic carbocycles. The fourth-order valence-electron chi connectivity index (χ4n) is 4.18. The fraction of sp³-hybridized carbons (Fsp3) is 0.240. The maximum absolute atomic E-state index is 13.3. The van der Waals surface area contributed by atoms with Crippen LogP contribution < -0.4 is 19.1 Å². The lowest BCUT2D eigenvalue weighted by molar-refractivity contribution is 0.0939. The average molecular weight is 465 g/mol. The molecule has 170 valence electrons. The maximum atomic E-state index is 13.3. The predicted octanol–water partition coefficient (Wildman–Crippen LogP) is 3.70. The minimum Gasteiger partial charge on any atom is -0.486 e. The van der Waals surface area contributed by atoms with Crippen molar-refractivity contribution in [2.45, 2.75) is 24.3 Å². The second kappa shape index (κ2) is 8.44. The van der Waals surface area contributed by atoms with E-state index in [-0.39, 0.29) is 22.4 Å². The topological polar surface area (TPSA) is 84.9 Å². The van der Waals surface area contributed by atoms with Gasteiger partial charge in [-0.3, -0.25) is 9.10 Å². The Kier molecular flexibility index (Phi) is 5.46. The van der Waals surface area contributed by atoms with Gasteiger partial charge in [-0.2, -0.15) is 0 Å². The number of fused-ring (bicyclic) bond motifs is 2. The molecule has 0 bridgehead atoms. The Morgan fingerprint density at radius 3 is 2.61 bits per heavy atom. The number of benzene rings is 3. The molecule has 3 aromatic rings. The molecule has 0 unspecified atom stereocenters. The first-order chi connectivity index (χ1) is 15.9. The predicted molar refractivity (Wildman–Crippen MR) is 124 cm³/mol. The summed E-state index contributed by atoms with van der Waals surface area (Å²) in [6.07, 6.45) is 0.669. The zero-order valence-corrected chi connectivity index (χ0v) is 19.0. The number of amides is 1. The van der Waals surface area contributed by atoms with E-state index in [1.165, 1.54) is 16.4 Å². The van der Waals surface area contributed by atoms with Gasteiger partial charge in [-0.05, 0) is 60.9 Å². The zero-order valence-electron chi connectivity index (χ0n) is 18.2. The van der Waals surface area contributed by atoms with E-state index in [1.807, 2.05) is 49.4 Å². The van der Waals surface area contributed by atoms with E-state index < -0.39 is 10.0 Å². The molecule has 0 spiro atoms. The molecular formula is C25H24N2O5S. The number of anilines is 1. The third kappa shape index (κ3) is 4.02. The van der Waals surface area contributed by atoms with Gasteiger partial charge in [0.05, 0.1) is 16.6 Å². The van der Waals surface area contributed by atoms with Crippen molar-refractivity contribution in [2.24, 2.45) is 0 Å². The summed E-state index contributed by atoms with van der Waals surface area (Å²) in [5.74, 6) is 0.986. The van der Waals surface area contributed by atoms with Gasteiger partial charge in [-0.25, -0.2) is 8.42 Å². The molecule has 0 fully saturated rings. The molecule has 7 nitrogen and oxygen atoms in total. The summed E-state index contributed by atoms with van der Waals surface area (Å²) in [4.78, 5) is 13.0. The van der Waals surface area contributed by atoms with Crippen LogP contribution in [0.25, 0.3) is 0 Å². The van der Waals surface area contributed by atoms with Gasteiger partial charge in [0.1, 0.15) is 13.2 Å². The van der Waals surface area contributed by atoms with Gasteiger partial charge in [0.25, 0.3) is 15.9 Å². The Balaban J connectivity index is 1.35. The summed E-state index contributed by atoms with van der Waals surface area (Å²) < 4.78 is 39.2. The average Bonchev–Trinajstić information content (AvgIpc) is 3.29. The second-order valence-corrected chi connectivity index (χ2v) is 9.94. The van der Waals surface area contributed by atoms with Crippen molar-refractivity contribution >= 4 is 21.6 Å². The molecule has 0 saturated carbocycles. The first-order valence-corrected chi connectivity index (χ1v) is 12.3. The van der Waals surface area contributed by atoms with E-state index in [4.69, 9.17) is 9.47 Å². The molecule has 1 atom stereocenters. The van der Waals surface area contributed by atoms with Crippen molar-refractivity contribution in [1.29, 1.82) is 0 Å². The Bertz CT molecular complexity index is 1320. The molecule has 5 rings (SSSR count). The summed E-state index contributed by atoms with van der Waals surface area (Å²) in [6.45, 7) is 3.26. The number of ether oxygens (including phenoxy) is 2. The minimum atomic E-state index is -3.78. The molecular weight excluding hydrogens is 440 g/mol. The lowest BCUT2D eigenvalue weighted by Gasteiger charge is -2.21. The van der Waals surface area contributed by atoms with E-state index in [2.05, 4.69) is 5.32 Å². The zero-order chi connectivity index (χ0) is 23.0. The van der Waals surface area contributed by atoms with Crippen molar-refractivity contribution < 1.29 is 22.7 Å². The molecule has 8 heteroatoms. The van der Waals surface area contributed by atoms with Gasteiger partial charge in [-0.1, -0.05) is 30.3 Å². The molecule has 0 radical (unpaired) electrons. The molecule has 0 aromatic heterocycles. The number of nitrogens with zero attached hydrogens (tertiary/aromatic N) is 1. The number of carbonyl (C=O) groups excluding carboxylic acids is 1. The summed E-state index contributed by atoms with van der Waals surface area (Å²) in [5.41, 5.74) is 2.85. The summed E-state index contributed by atoms with van der Waals surface area (Å²) >= 11 is 0. The minimum absolute atomic E-state index is 0.0961. The monoisotopic (exact) mass is 464 g/mol. The van der Waals surface area contributed by atoms with Crippen molar-refractivity contribution in [3.63, 3.8) is 0 Å². The SMILES string of the molecule is C[C@@H](NC(=O)c1cccc(S(=O)(=O)N2CCc3ccccc32)c1)c1ccc2c(c1)OCCO2.